The number of aliphatic hydroxyl groups is 2. The van der Waals surface area contributed by atoms with E-state index in [4.69, 9.17) is 4.74 Å². The fourth-order valence-corrected chi connectivity index (χ4v) is 1.55. The van der Waals surface area contributed by atoms with E-state index in [1.807, 2.05) is 30.3 Å². The zero-order chi connectivity index (χ0) is 14.3. The highest BCUT2D eigenvalue weighted by Crippen LogP contribution is 2.14. The van der Waals surface area contributed by atoms with Crippen LogP contribution in [0, 0.1) is 0 Å². The average molecular weight is 267 g/mol. The Hall–Kier alpha value is -1.59. The monoisotopic (exact) mass is 267 g/mol. The maximum atomic E-state index is 11.6. The summed E-state index contributed by atoms with van der Waals surface area (Å²) in [7, 11) is 0. The molecule has 0 aliphatic carbocycles. The Bertz CT molecular complexity index is 392. The molecule has 0 heterocycles. The van der Waals surface area contributed by atoms with Gasteiger partial charge < -0.3 is 20.3 Å². The lowest BCUT2D eigenvalue weighted by Crippen LogP contribution is -2.52. The summed E-state index contributed by atoms with van der Waals surface area (Å²) in [6, 6.07) is 8.53. The number of aliphatic hydroxyl groups excluding tert-OH is 1. The molecule has 2 atom stereocenters. The smallest absolute Gasteiger partial charge is 0.407 e. The van der Waals surface area contributed by atoms with Gasteiger partial charge in [-0.1, -0.05) is 37.3 Å². The molecule has 1 rings (SSSR count). The fraction of sp³-hybridized carbons (Fsp3) is 0.500. The number of carbonyl (C=O) groups is 1. The van der Waals surface area contributed by atoms with Gasteiger partial charge in [-0.2, -0.15) is 0 Å². The summed E-state index contributed by atoms with van der Waals surface area (Å²) in [6.07, 6.45) is -0.242. The largest absolute Gasteiger partial charge is 0.445 e. The van der Waals surface area contributed by atoms with Crippen LogP contribution in [-0.4, -0.2) is 34.6 Å². The molecule has 5 nitrogen and oxygen atoms in total. The van der Waals surface area contributed by atoms with E-state index in [1.165, 1.54) is 0 Å². The number of amides is 1. The Balaban J connectivity index is 2.46. The predicted octanol–water partition coefficient (Wildman–Crippen LogP) is 1.43. The van der Waals surface area contributed by atoms with E-state index in [0.717, 1.165) is 5.56 Å². The molecule has 0 aliphatic heterocycles. The van der Waals surface area contributed by atoms with Gasteiger partial charge in [0.05, 0.1) is 18.2 Å². The van der Waals surface area contributed by atoms with E-state index in [9.17, 15) is 15.0 Å². The van der Waals surface area contributed by atoms with Gasteiger partial charge >= 0.3 is 6.09 Å². The SMILES string of the molecule is CC[C@@](C)(O)[C@H](CO)NC(=O)OCc1ccccc1. The highest BCUT2D eigenvalue weighted by Gasteiger charge is 2.31. The van der Waals surface area contributed by atoms with Crippen molar-refractivity contribution in [3.63, 3.8) is 0 Å². The van der Waals surface area contributed by atoms with Gasteiger partial charge in [-0.25, -0.2) is 4.79 Å². The molecule has 0 unspecified atom stereocenters. The molecule has 0 fully saturated rings. The number of rotatable bonds is 6. The van der Waals surface area contributed by atoms with Gasteiger partial charge in [0.15, 0.2) is 0 Å². The molecule has 1 amide bonds. The number of benzene rings is 1. The molecule has 5 heteroatoms. The van der Waals surface area contributed by atoms with Crippen LogP contribution < -0.4 is 5.32 Å². The van der Waals surface area contributed by atoms with E-state index in [0.29, 0.717) is 6.42 Å². The molecule has 0 aromatic heterocycles. The number of nitrogens with one attached hydrogen (secondary N) is 1. The Labute approximate surface area is 113 Å². The quantitative estimate of drug-likeness (QED) is 0.728. The van der Waals surface area contributed by atoms with Crippen LogP contribution in [-0.2, 0) is 11.3 Å². The number of ether oxygens (including phenoxy) is 1. The van der Waals surface area contributed by atoms with Crippen LogP contribution in [0.1, 0.15) is 25.8 Å². The van der Waals surface area contributed by atoms with E-state index < -0.39 is 17.7 Å². The third kappa shape index (κ3) is 4.89. The first-order valence-corrected chi connectivity index (χ1v) is 6.30. The van der Waals surface area contributed by atoms with E-state index in [2.05, 4.69) is 5.32 Å². The molecule has 0 aliphatic rings. The standard InChI is InChI=1S/C14H21NO4/c1-3-14(2,18)12(9-16)15-13(17)19-10-11-7-5-4-6-8-11/h4-8,12,16,18H,3,9-10H2,1-2H3,(H,15,17)/t12-,14+/m0/s1. The van der Waals surface area contributed by atoms with Crippen molar-refractivity contribution in [3.05, 3.63) is 35.9 Å². The van der Waals surface area contributed by atoms with Crippen LogP contribution in [0.25, 0.3) is 0 Å². The van der Waals surface area contributed by atoms with Crippen molar-refractivity contribution >= 4 is 6.09 Å². The van der Waals surface area contributed by atoms with Crippen molar-refractivity contribution in [1.29, 1.82) is 0 Å². The number of carbonyl (C=O) groups excluding carboxylic acids is 1. The molecule has 0 spiro atoms. The summed E-state index contributed by atoms with van der Waals surface area (Å²) in [6.45, 7) is 3.14. The minimum absolute atomic E-state index is 0.152. The van der Waals surface area contributed by atoms with Crippen LogP contribution in [0.2, 0.25) is 0 Å². The first-order chi connectivity index (χ1) is 8.99. The topological polar surface area (TPSA) is 78.8 Å². The van der Waals surface area contributed by atoms with Crippen molar-refractivity contribution in [3.8, 4) is 0 Å². The molecular formula is C14H21NO4. The molecular weight excluding hydrogens is 246 g/mol. The second-order valence-electron chi connectivity index (χ2n) is 4.65. The minimum Gasteiger partial charge on any atom is -0.445 e. The van der Waals surface area contributed by atoms with Crippen molar-refractivity contribution in [2.45, 2.75) is 38.5 Å². The van der Waals surface area contributed by atoms with Crippen molar-refractivity contribution in [2.24, 2.45) is 0 Å². The van der Waals surface area contributed by atoms with E-state index in [-0.39, 0.29) is 13.2 Å². The van der Waals surface area contributed by atoms with Crippen LogP contribution >= 0.6 is 0 Å². The molecule has 0 saturated heterocycles. The first kappa shape index (κ1) is 15.5. The third-order valence-corrected chi connectivity index (χ3v) is 3.15. The third-order valence-electron chi connectivity index (χ3n) is 3.15. The summed E-state index contributed by atoms with van der Waals surface area (Å²) in [5.74, 6) is 0. The first-order valence-electron chi connectivity index (χ1n) is 6.30. The molecule has 1 aromatic rings. The zero-order valence-electron chi connectivity index (χ0n) is 11.3. The minimum atomic E-state index is -1.17. The van der Waals surface area contributed by atoms with E-state index in [1.54, 1.807) is 13.8 Å². The average Bonchev–Trinajstić information content (AvgIpc) is 2.43. The second kappa shape index (κ2) is 7.11. The van der Waals surface area contributed by atoms with Crippen LogP contribution in [0.4, 0.5) is 4.79 Å². The predicted molar refractivity (Wildman–Crippen MR) is 71.6 cm³/mol. The summed E-state index contributed by atoms with van der Waals surface area (Å²) in [5.41, 5.74) is -0.291. The summed E-state index contributed by atoms with van der Waals surface area (Å²) in [5, 5.41) is 21.7. The van der Waals surface area contributed by atoms with Crippen molar-refractivity contribution in [1.82, 2.24) is 5.32 Å². The van der Waals surface area contributed by atoms with Crippen molar-refractivity contribution < 1.29 is 19.7 Å². The van der Waals surface area contributed by atoms with Crippen LogP contribution in [0.5, 0.6) is 0 Å². The molecule has 0 saturated carbocycles. The highest BCUT2D eigenvalue weighted by atomic mass is 16.5. The number of alkyl carbamates (subject to hydrolysis) is 1. The van der Waals surface area contributed by atoms with Gasteiger partial charge in [0.2, 0.25) is 0 Å². The lowest BCUT2D eigenvalue weighted by Gasteiger charge is -2.30. The normalized spacial score (nSPS) is 15.4. The lowest BCUT2D eigenvalue weighted by atomic mass is 9.94. The maximum Gasteiger partial charge on any atom is 0.407 e. The molecule has 3 N–H and O–H groups in total. The molecule has 106 valence electrons. The molecule has 1 aromatic carbocycles. The molecule has 19 heavy (non-hydrogen) atoms. The van der Waals surface area contributed by atoms with Crippen LogP contribution in [0.15, 0.2) is 30.3 Å². The van der Waals surface area contributed by atoms with Gasteiger partial charge in [0.25, 0.3) is 0 Å². The zero-order valence-corrected chi connectivity index (χ0v) is 11.3. The number of hydrogen-bond acceptors (Lipinski definition) is 4. The van der Waals surface area contributed by atoms with Crippen LogP contribution in [0.3, 0.4) is 0 Å². The lowest BCUT2D eigenvalue weighted by molar-refractivity contribution is -0.00554. The summed E-state index contributed by atoms with van der Waals surface area (Å²) < 4.78 is 5.03. The summed E-state index contributed by atoms with van der Waals surface area (Å²) in [4.78, 5) is 11.6. The Morgan fingerprint density at radius 3 is 2.58 bits per heavy atom. The fourth-order valence-electron chi connectivity index (χ4n) is 1.55. The van der Waals surface area contributed by atoms with Gasteiger partial charge in [-0.15, -0.1) is 0 Å². The maximum absolute atomic E-state index is 11.6. The van der Waals surface area contributed by atoms with E-state index >= 15 is 0 Å². The highest BCUT2D eigenvalue weighted by molar-refractivity contribution is 5.67. The van der Waals surface area contributed by atoms with Gasteiger partial charge in [0, 0.05) is 0 Å². The van der Waals surface area contributed by atoms with Gasteiger partial charge in [-0.05, 0) is 18.9 Å². The van der Waals surface area contributed by atoms with Gasteiger partial charge in [0.1, 0.15) is 6.61 Å². The number of hydrogen-bond donors (Lipinski definition) is 3. The Morgan fingerprint density at radius 1 is 1.42 bits per heavy atom. The Kier molecular flexibility index (Phi) is 5.79. The molecule has 0 radical (unpaired) electrons. The van der Waals surface area contributed by atoms with Gasteiger partial charge in [-0.3, -0.25) is 0 Å². The van der Waals surface area contributed by atoms with Crippen molar-refractivity contribution in [2.75, 3.05) is 6.61 Å². The Morgan fingerprint density at radius 2 is 2.05 bits per heavy atom. The second-order valence-corrected chi connectivity index (χ2v) is 4.65. The molecule has 0 bridgehead atoms. The summed E-state index contributed by atoms with van der Waals surface area (Å²) >= 11 is 0.